The van der Waals surface area contributed by atoms with Gasteiger partial charge in [-0.05, 0) is 24.1 Å². The van der Waals surface area contributed by atoms with Crippen molar-refractivity contribution >= 4 is 5.97 Å². The van der Waals surface area contributed by atoms with E-state index in [0.717, 1.165) is 42.8 Å². The molecule has 2 heterocycles. The monoisotopic (exact) mass is 452 g/mol. The molecule has 3 aromatic rings. The molecular formula is C25H32N4O4. The summed E-state index contributed by atoms with van der Waals surface area (Å²) in [6.07, 6.45) is 6.03. The Labute approximate surface area is 194 Å². The number of carbonyl (C=O) groups is 1. The van der Waals surface area contributed by atoms with E-state index in [1.165, 1.54) is 0 Å². The van der Waals surface area contributed by atoms with Crippen LogP contribution in [0.3, 0.4) is 0 Å². The summed E-state index contributed by atoms with van der Waals surface area (Å²) in [5.41, 5.74) is 2.43. The van der Waals surface area contributed by atoms with E-state index in [0.29, 0.717) is 24.4 Å². The molecule has 0 fully saturated rings. The average Bonchev–Trinajstić information content (AvgIpc) is 3.24. The van der Waals surface area contributed by atoms with Crippen LogP contribution in [0.15, 0.2) is 42.6 Å². The van der Waals surface area contributed by atoms with Crippen LogP contribution in [0.1, 0.15) is 67.1 Å². The first-order valence-electron chi connectivity index (χ1n) is 11.3. The normalized spacial score (nSPS) is 11.6. The average molecular weight is 453 g/mol. The van der Waals surface area contributed by atoms with E-state index in [1.807, 2.05) is 35.9 Å². The molecule has 2 aromatic heterocycles. The number of aryl methyl sites for hydroxylation is 1. The maximum absolute atomic E-state index is 11.5. The molecule has 0 aliphatic rings. The first kappa shape index (κ1) is 24.5. The Hall–Kier alpha value is -3.10. The summed E-state index contributed by atoms with van der Waals surface area (Å²) >= 11 is 0. The van der Waals surface area contributed by atoms with E-state index in [4.69, 9.17) is 19.6 Å². The third-order valence-electron chi connectivity index (χ3n) is 5.82. The molecule has 0 saturated heterocycles. The van der Waals surface area contributed by atoms with Gasteiger partial charge in [0.25, 0.3) is 0 Å². The zero-order valence-corrected chi connectivity index (χ0v) is 19.7. The van der Waals surface area contributed by atoms with E-state index in [1.54, 1.807) is 32.5 Å². The minimum Gasteiger partial charge on any atom is -0.478 e. The van der Waals surface area contributed by atoms with Crippen LogP contribution in [0.5, 0.6) is 0 Å². The summed E-state index contributed by atoms with van der Waals surface area (Å²) in [5, 5.41) is 14.2. The van der Waals surface area contributed by atoms with E-state index < -0.39 is 11.8 Å². The van der Waals surface area contributed by atoms with E-state index in [2.05, 4.69) is 11.9 Å². The van der Waals surface area contributed by atoms with Gasteiger partial charge < -0.3 is 14.6 Å². The highest BCUT2D eigenvalue weighted by molar-refractivity contribution is 5.94. The number of carboxylic acids is 1. The summed E-state index contributed by atoms with van der Waals surface area (Å²) in [5.74, 6) is -0.603. The Morgan fingerprint density at radius 3 is 2.42 bits per heavy atom. The molecule has 0 atom stereocenters. The van der Waals surface area contributed by atoms with Gasteiger partial charge in [-0.15, -0.1) is 0 Å². The van der Waals surface area contributed by atoms with Gasteiger partial charge in [0.1, 0.15) is 5.82 Å². The second kappa shape index (κ2) is 11.2. The molecule has 0 amide bonds. The predicted octanol–water partition coefficient (Wildman–Crippen LogP) is 4.67. The molecule has 0 saturated carbocycles. The number of unbranched alkanes of at least 4 members (excludes halogenated alkanes) is 2. The number of rotatable bonds is 12. The first-order chi connectivity index (χ1) is 16.0. The number of hydrogen-bond donors (Lipinski definition) is 1. The highest BCUT2D eigenvalue weighted by Gasteiger charge is 2.35. The minimum absolute atomic E-state index is 0.181. The molecular weight excluding hydrogens is 420 g/mol. The van der Waals surface area contributed by atoms with Gasteiger partial charge in [0.05, 0.1) is 11.3 Å². The molecule has 0 aliphatic heterocycles. The molecule has 3 rings (SSSR count). The molecule has 8 nitrogen and oxygen atoms in total. The second-order valence-corrected chi connectivity index (χ2v) is 7.88. The fourth-order valence-corrected chi connectivity index (χ4v) is 3.84. The zero-order valence-electron chi connectivity index (χ0n) is 19.7. The van der Waals surface area contributed by atoms with Gasteiger partial charge in [-0.3, -0.25) is 4.98 Å². The van der Waals surface area contributed by atoms with E-state index in [9.17, 15) is 9.90 Å². The minimum atomic E-state index is -0.995. The van der Waals surface area contributed by atoms with Gasteiger partial charge in [0.15, 0.2) is 0 Å². The summed E-state index contributed by atoms with van der Waals surface area (Å²) in [7, 11) is 3.21. The third-order valence-corrected chi connectivity index (χ3v) is 5.82. The molecule has 0 bridgehead atoms. The Morgan fingerprint density at radius 1 is 1.09 bits per heavy atom. The number of aromatic carboxylic acids is 1. The van der Waals surface area contributed by atoms with Crippen LogP contribution in [0.25, 0.3) is 11.3 Å². The Kier molecular flexibility index (Phi) is 8.30. The number of methoxy groups -OCH3 is 2. The van der Waals surface area contributed by atoms with Crippen molar-refractivity contribution < 1.29 is 19.4 Å². The highest BCUT2D eigenvalue weighted by Crippen LogP contribution is 2.28. The van der Waals surface area contributed by atoms with Crippen molar-refractivity contribution in [3.8, 4) is 11.3 Å². The molecule has 1 N–H and O–H groups in total. The zero-order chi connectivity index (χ0) is 23.8. The maximum Gasteiger partial charge on any atom is 0.337 e. The molecule has 8 heteroatoms. The number of hydrogen-bond acceptors (Lipinski definition) is 6. The number of ether oxygens (including phenoxy) is 2. The lowest BCUT2D eigenvalue weighted by Gasteiger charge is -2.26. The van der Waals surface area contributed by atoms with Crippen LogP contribution in [-0.4, -0.2) is 45.0 Å². The van der Waals surface area contributed by atoms with Gasteiger partial charge >= 0.3 is 5.97 Å². The molecule has 0 aliphatic carbocycles. The number of nitrogens with zero attached hydrogens (tertiary/aromatic N) is 4. The molecule has 0 radical (unpaired) electrons. The molecule has 33 heavy (non-hydrogen) atoms. The summed E-state index contributed by atoms with van der Waals surface area (Å²) in [4.78, 5) is 20.6. The van der Waals surface area contributed by atoms with Crippen LogP contribution in [0.2, 0.25) is 0 Å². The van der Waals surface area contributed by atoms with Crippen LogP contribution in [0, 0.1) is 0 Å². The van der Waals surface area contributed by atoms with Crippen molar-refractivity contribution in [2.45, 2.75) is 58.3 Å². The van der Waals surface area contributed by atoms with Crippen LogP contribution in [-0.2, 0) is 28.2 Å². The summed E-state index contributed by atoms with van der Waals surface area (Å²) in [6.45, 7) is 4.92. The van der Waals surface area contributed by atoms with Crippen molar-refractivity contribution in [3.05, 3.63) is 65.4 Å². The second-order valence-electron chi connectivity index (χ2n) is 7.88. The molecule has 176 valence electrons. The Morgan fingerprint density at radius 2 is 1.82 bits per heavy atom. The fraction of sp³-hybridized carbons (Fsp3) is 0.440. The van der Waals surface area contributed by atoms with Crippen molar-refractivity contribution in [2.24, 2.45) is 0 Å². The van der Waals surface area contributed by atoms with Crippen molar-refractivity contribution in [2.75, 3.05) is 14.2 Å². The van der Waals surface area contributed by atoms with Crippen LogP contribution in [0.4, 0.5) is 0 Å². The Balaban J connectivity index is 1.89. The van der Waals surface area contributed by atoms with E-state index >= 15 is 0 Å². The SMILES string of the molecule is CCCCCn1nc(C(CC)(OC)OC)nc1Cc1ccc(-c2ncccc2C(=O)O)cc1. The standard InChI is InChI=1S/C25H32N4O4/c1-5-7-8-16-29-21(27-24(28-29)25(6-2,32-3)33-4)17-18-11-13-19(14-12-18)22-20(23(30)31)10-9-15-26-22/h9-15H,5-8,16-17H2,1-4H3,(H,30,31). The van der Waals surface area contributed by atoms with E-state index in [-0.39, 0.29) is 5.56 Å². The first-order valence-corrected chi connectivity index (χ1v) is 11.3. The maximum atomic E-state index is 11.5. The van der Waals surface area contributed by atoms with Crippen molar-refractivity contribution in [1.29, 1.82) is 0 Å². The number of pyridine rings is 1. The smallest absolute Gasteiger partial charge is 0.337 e. The summed E-state index contributed by atoms with van der Waals surface area (Å²) in [6, 6.07) is 10.9. The number of aromatic nitrogens is 4. The number of carboxylic acid groups (broad SMARTS) is 1. The number of benzene rings is 1. The Bertz CT molecular complexity index is 1050. The molecule has 1 aromatic carbocycles. The predicted molar refractivity (Wildman–Crippen MR) is 125 cm³/mol. The fourth-order valence-electron chi connectivity index (χ4n) is 3.84. The third kappa shape index (κ3) is 5.46. The lowest BCUT2D eigenvalue weighted by molar-refractivity contribution is -0.222. The van der Waals surface area contributed by atoms with Gasteiger partial charge in [-0.2, -0.15) is 5.10 Å². The largest absolute Gasteiger partial charge is 0.478 e. The van der Waals surface area contributed by atoms with Crippen molar-refractivity contribution in [1.82, 2.24) is 19.7 Å². The van der Waals surface area contributed by atoms with Crippen LogP contribution >= 0.6 is 0 Å². The van der Waals surface area contributed by atoms with Crippen LogP contribution < -0.4 is 0 Å². The van der Waals surface area contributed by atoms with Gasteiger partial charge in [-0.25, -0.2) is 14.5 Å². The highest BCUT2D eigenvalue weighted by atomic mass is 16.7. The summed E-state index contributed by atoms with van der Waals surface area (Å²) < 4.78 is 13.2. The van der Waals surface area contributed by atoms with Gasteiger partial charge in [0.2, 0.25) is 11.6 Å². The molecule has 0 unspecified atom stereocenters. The van der Waals surface area contributed by atoms with Crippen molar-refractivity contribution in [3.63, 3.8) is 0 Å². The quantitative estimate of drug-likeness (QED) is 0.315. The molecule has 0 spiro atoms. The lowest BCUT2D eigenvalue weighted by Crippen LogP contribution is -2.31. The topological polar surface area (TPSA) is 99.4 Å². The van der Waals surface area contributed by atoms with Gasteiger partial charge in [0, 0.05) is 45.4 Å². The lowest BCUT2D eigenvalue weighted by atomic mass is 10.0. The van der Waals surface area contributed by atoms with Gasteiger partial charge in [-0.1, -0.05) is 51.0 Å².